The Morgan fingerprint density at radius 3 is 2.67 bits per heavy atom. The summed E-state index contributed by atoms with van der Waals surface area (Å²) in [6.45, 7) is 0. The third-order valence-electron chi connectivity index (χ3n) is 3.65. The van der Waals surface area contributed by atoms with E-state index in [0.29, 0.717) is 23.4 Å². The monoisotopic (exact) mass is 263 g/mol. The fourth-order valence-electron chi connectivity index (χ4n) is 2.66. The van der Waals surface area contributed by atoms with Crippen molar-refractivity contribution in [3.05, 3.63) is 34.9 Å². The fourth-order valence-corrected chi connectivity index (χ4v) is 2.95. The van der Waals surface area contributed by atoms with Gasteiger partial charge in [-0.1, -0.05) is 29.8 Å². The van der Waals surface area contributed by atoms with Crippen LogP contribution in [0.15, 0.2) is 24.3 Å². The lowest BCUT2D eigenvalue weighted by molar-refractivity contribution is -0.141. The second kappa shape index (κ2) is 4.69. The smallest absolute Gasteiger partial charge is 0.179 e. The van der Waals surface area contributed by atoms with Crippen LogP contribution in [-0.4, -0.2) is 31.3 Å². The zero-order valence-electron chi connectivity index (χ0n) is 10.2. The molecule has 5 heteroatoms. The van der Waals surface area contributed by atoms with Crippen LogP contribution < -0.4 is 5.32 Å². The Labute approximate surface area is 113 Å². The standard InChI is InChI=1S/C13H15BClNO2/c1-16-12(9-5-2-3-6-10(9)15)7-4-8-13(14,18)11(12)17/h2-3,5-6,16,18H,4,7-8H2,1H3. The lowest BCUT2D eigenvalue weighted by atomic mass is 9.61. The molecule has 0 aromatic heterocycles. The van der Waals surface area contributed by atoms with E-state index >= 15 is 0 Å². The van der Waals surface area contributed by atoms with E-state index in [0.717, 1.165) is 0 Å². The first-order valence-electron chi connectivity index (χ1n) is 5.94. The van der Waals surface area contributed by atoms with Gasteiger partial charge in [-0.15, -0.1) is 0 Å². The molecular formula is C13H15BClNO2. The van der Waals surface area contributed by atoms with E-state index in [9.17, 15) is 9.90 Å². The highest BCUT2D eigenvalue weighted by molar-refractivity contribution is 6.33. The van der Waals surface area contributed by atoms with Crippen LogP contribution in [0.3, 0.4) is 0 Å². The van der Waals surface area contributed by atoms with Gasteiger partial charge >= 0.3 is 0 Å². The van der Waals surface area contributed by atoms with Crippen molar-refractivity contribution in [3.8, 4) is 0 Å². The van der Waals surface area contributed by atoms with Crippen LogP contribution in [-0.2, 0) is 10.3 Å². The molecule has 2 rings (SSSR count). The maximum atomic E-state index is 12.5. The Morgan fingerprint density at radius 2 is 2.06 bits per heavy atom. The van der Waals surface area contributed by atoms with Gasteiger partial charge in [-0.05, 0) is 37.9 Å². The average molecular weight is 264 g/mol. The molecule has 0 spiro atoms. The molecule has 1 aromatic carbocycles. The maximum Gasteiger partial charge on any atom is 0.179 e. The molecular weight excluding hydrogens is 248 g/mol. The van der Waals surface area contributed by atoms with Crippen LogP contribution >= 0.6 is 11.6 Å². The maximum absolute atomic E-state index is 12.5. The van der Waals surface area contributed by atoms with Gasteiger partial charge in [0.05, 0.1) is 5.50 Å². The van der Waals surface area contributed by atoms with Gasteiger partial charge in [0.15, 0.2) is 5.78 Å². The predicted molar refractivity (Wildman–Crippen MR) is 71.8 cm³/mol. The minimum absolute atomic E-state index is 0.277. The topological polar surface area (TPSA) is 49.3 Å². The van der Waals surface area contributed by atoms with Gasteiger partial charge < -0.3 is 10.4 Å². The van der Waals surface area contributed by atoms with Crippen molar-refractivity contribution in [3.63, 3.8) is 0 Å². The van der Waals surface area contributed by atoms with E-state index in [-0.39, 0.29) is 6.42 Å². The molecule has 94 valence electrons. The van der Waals surface area contributed by atoms with Crippen LogP contribution in [0.4, 0.5) is 0 Å². The molecule has 3 nitrogen and oxygen atoms in total. The van der Waals surface area contributed by atoms with Crippen molar-refractivity contribution in [1.29, 1.82) is 0 Å². The quantitative estimate of drug-likeness (QED) is 0.792. The number of likely N-dealkylation sites (N-methyl/N-ethyl adjacent to an activating group) is 1. The van der Waals surface area contributed by atoms with Crippen LogP contribution in [0.1, 0.15) is 24.8 Å². The van der Waals surface area contributed by atoms with E-state index in [4.69, 9.17) is 19.4 Å². The summed E-state index contributed by atoms with van der Waals surface area (Å²) >= 11 is 6.17. The van der Waals surface area contributed by atoms with Crippen LogP contribution in [0.25, 0.3) is 0 Å². The summed E-state index contributed by atoms with van der Waals surface area (Å²) in [4.78, 5) is 12.5. The van der Waals surface area contributed by atoms with Gasteiger partial charge in [-0.3, -0.25) is 4.79 Å². The van der Waals surface area contributed by atoms with Gasteiger partial charge in [0.2, 0.25) is 0 Å². The second-order valence-electron chi connectivity index (χ2n) is 4.74. The molecule has 1 aliphatic carbocycles. The second-order valence-corrected chi connectivity index (χ2v) is 5.15. The molecule has 1 aromatic rings. The molecule has 2 unspecified atom stereocenters. The molecule has 2 N–H and O–H groups in total. The number of nitrogens with one attached hydrogen (secondary N) is 1. The number of ketones is 1. The summed E-state index contributed by atoms with van der Waals surface area (Å²) in [7, 11) is 7.37. The van der Waals surface area contributed by atoms with Crippen LogP contribution in [0, 0.1) is 0 Å². The Kier molecular flexibility index (Phi) is 3.54. The highest BCUT2D eigenvalue weighted by Gasteiger charge is 2.50. The lowest BCUT2D eigenvalue weighted by Crippen LogP contribution is -2.60. The van der Waals surface area contributed by atoms with E-state index in [2.05, 4.69) is 5.32 Å². The van der Waals surface area contributed by atoms with E-state index in [1.165, 1.54) is 0 Å². The third kappa shape index (κ3) is 1.98. The Balaban J connectivity index is 2.55. The number of halogens is 1. The molecule has 2 atom stereocenters. The van der Waals surface area contributed by atoms with Gasteiger partial charge in [0.25, 0.3) is 0 Å². The van der Waals surface area contributed by atoms with Crippen molar-refractivity contribution in [2.45, 2.75) is 30.3 Å². The molecule has 2 radical (unpaired) electrons. The number of aliphatic hydroxyl groups is 1. The summed E-state index contributed by atoms with van der Waals surface area (Å²) in [5, 5.41) is 13.5. The number of benzene rings is 1. The molecule has 0 saturated heterocycles. The highest BCUT2D eigenvalue weighted by atomic mass is 35.5. The number of hydrogen-bond donors (Lipinski definition) is 2. The molecule has 0 bridgehead atoms. The fraction of sp³-hybridized carbons (Fsp3) is 0.462. The van der Waals surface area contributed by atoms with Gasteiger partial charge in [-0.25, -0.2) is 0 Å². The van der Waals surface area contributed by atoms with Crippen molar-refractivity contribution in [1.82, 2.24) is 5.32 Å². The third-order valence-corrected chi connectivity index (χ3v) is 3.98. The number of carbonyl (C=O) groups is 1. The zero-order valence-corrected chi connectivity index (χ0v) is 11.0. The Bertz CT molecular complexity index is 478. The normalized spacial score (nSPS) is 32.5. The van der Waals surface area contributed by atoms with Gasteiger partial charge in [0.1, 0.15) is 13.4 Å². The highest BCUT2D eigenvalue weighted by Crippen LogP contribution is 2.40. The summed E-state index contributed by atoms with van der Waals surface area (Å²) in [5.74, 6) is -0.420. The van der Waals surface area contributed by atoms with Gasteiger partial charge in [0, 0.05) is 5.02 Å². The number of hydrogen-bond acceptors (Lipinski definition) is 3. The Hall–Kier alpha value is -0.835. The van der Waals surface area contributed by atoms with Gasteiger partial charge in [-0.2, -0.15) is 0 Å². The molecule has 18 heavy (non-hydrogen) atoms. The molecule has 1 saturated carbocycles. The Morgan fingerprint density at radius 1 is 1.39 bits per heavy atom. The lowest BCUT2D eigenvalue weighted by Gasteiger charge is -2.43. The first-order valence-corrected chi connectivity index (χ1v) is 6.32. The number of Topliss-reactive ketones (excluding diaryl/α,β-unsaturated/α-hetero) is 1. The SMILES string of the molecule is [B]C1(O)CCCC(NC)(c2ccccc2Cl)C1=O. The minimum Gasteiger partial charge on any atom is -0.392 e. The molecule has 0 amide bonds. The molecule has 0 aliphatic heterocycles. The van der Waals surface area contributed by atoms with E-state index < -0.39 is 16.8 Å². The molecule has 1 fully saturated rings. The first-order chi connectivity index (χ1) is 8.44. The van der Waals surface area contributed by atoms with Crippen LogP contribution in [0.5, 0.6) is 0 Å². The van der Waals surface area contributed by atoms with Crippen molar-refractivity contribution in [2.24, 2.45) is 0 Å². The van der Waals surface area contributed by atoms with E-state index in [1.54, 1.807) is 25.2 Å². The molecule has 1 aliphatic rings. The summed E-state index contributed by atoms with van der Waals surface area (Å²) in [5.41, 5.74) is -2.12. The first kappa shape index (κ1) is 13.6. The minimum atomic E-state index is -1.79. The van der Waals surface area contributed by atoms with Crippen molar-refractivity contribution >= 4 is 25.2 Å². The summed E-state index contributed by atoms with van der Waals surface area (Å²) < 4.78 is 0. The predicted octanol–water partition coefficient (Wildman–Crippen LogP) is 1.36. The average Bonchev–Trinajstić information content (AvgIpc) is 2.34. The van der Waals surface area contributed by atoms with E-state index in [1.807, 2.05) is 6.07 Å². The zero-order chi connectivity index (χ0) is 13.4. The summed E-state index contributed by atoms with van der Waals surface area (Å²) in [6.07, 6.45) is 1.51. The number of carbonyl (C=O) groups excluding carboxylic acids is 1. The molecule has 0 heterocycles. The number of rotatable bonds is 2. The van der Waals surface area contributed by atoms with Crippen molar-refractivity contribution < 1.29 is 9.90 Å². The summed E-state index contributed by atoms with van der Waals surface area (Å²) in [6, 6.07) is 7.14. The van der Waals surface area contributed by atoms with Crippen molar-refractivity contribution in [2.75, 3.05) is 7.05 Å². The van der Waals surface area contributed by atoms with Crippen LogP contribution in [0.2, 0.25) is 5.02 Å². The largest absolute Gasteiger partial charge is 0.392 e.